The number of fused-ring (bicyclic) bond motifs is 4. The quantitative estimate of drug-likeness (QED) is 0.187. The van der Waals surface area contributed by atoms with Gasteiger partial charge >= 0.3 is 11.4 Å². The standard InChI is InChI=1S/C27H35N8O13P/c1-13-5-34(24(37)29-20(13)28)22-16-18(27(47-22,10-41-3)12-45-16)43-8-15-7-33(32-31-15)9-26-11-44-17(19(26)48-49(39,40)42-4)23(46-26)35-6-14(2)21(36)30-25(35)38/h5-7,16-19,22-23H,8-12H2,1-4H3,(H,39,40)(H2,28,29,37)(H,30,36,38)/p-1/t16-,17-,18?,19?,22+,23+,26-,27-/m0/s1. The Morgan fingerprint density at radius 3 is 2.43 bits per heavy atom. The lowest BCUT2D eigenvalue weighted by atomic mass is 9.99. The molecular formula is C27H34N8O13P-. The molecule has 7 heterocycles. The van der Waals surface area contributed by atoms with E-state index in [1.807, 2.05) is 0 Å². The van der Waals surface area contributed by atoms with E-state index in [1.54, 1.807) is 19.3 Å². The van der Waals surface area contributed by atoms with E-state index in [0.29, 0.717) is 11.3 Å². The monoisotopic (exact) mass is 709 g/mol. The van der Waals surface area contributed by atoms with Crippen molar-refractivity contribution in [1.82, 2.24) is 34.1 Å². The molecule has 3 unspecified atom stereocenters. The van der Waals surface area contributed by atoms with E-state index in [1.165, 1.54) is 29.5 Å². The van der Waals surface area contributed by atoms with Gasteiger partial charge in [-0.25, -0.2) is 14.3 Å². The third-order valence-electron chi connectivity index (χ3n) is 9.10. The molecule has 0 amide bonds. The van der Waals surface area contributed by atoms with E-state index >= 15 is 0 Å². The summed E-state index contributed by atoms with van der Waals surface area (Å²) < 4.78 is 62.5. The van der Waals surface area contributed by atoms with Crippen LogP contribution in [0.3, 0.4) is 0 Å². The van der Waals surface area contributed by atoms with E-state index in [-0.39, 0.29) is 44.4 Å². The first-order chi connectivity index (χ1) is 23.3. The number of ether oxygens (including phenoxy) is 6. The third kappa shape index (κ3) is 5.78. The minimum atomic E-state index is -4.81. The summed E-state index contributed by atoms with van der Waals surface area (Å²) in [5.41, 5.74) is 2.54. The Labute approximate surface area is 276 Å². The molecule has 4 aliphatic rings. The Balaban J connectivity index is 1.11. The van der Waals surface area contributed by atoms with Crippen LogP contribution in [0.15, 0.2) is 33.0 Å². The molecular weight excluding hydrogens is 675 g/mol. The lowest BCUT2D eigenvalue weighted by molar-refractivity contribution is -0.231. The number of aromatic nitrogens is 7. The van der Waals surface area contributed by atoms with E-state index in [2.05, 4.69) is 24.8 Å². The van der Waals surface area contributed by atoms with E-state index < -0.39 is 72.8 Å². The molecule has 0 aromatic carbocycles. The predicted molar refractivity (Wildman–Crippen MR) is 159 cm³/mol. The van der Waals surface area contributed by atoms with Gasteiger partial charge in [-0.05, 0) is 13.8 Å². The van der Waals surface area contributed by atoms with Crippen molar-refractivity contribution >= 4 is 13.6 Å². The Hall–Kier alpha value is -3.63. The molecule has 0 spiro atoms. The molecule has 0 radical (unpaired) electrons. The highest BCUT2D eigenvalue weighted by molar-refractivity contribution is 7.45. The van der Waals surface area contributed by atoms with Crippen LogP contribution in [-0.2, 0) is 55.2 Å². The fourth-order valence-electron chi connectivity index (χ4n) is 6.75. The summed E-state index contributed by atoms with van der Waals surface area (Å²) in [4.78, 5) is 55.9. The Bertz CT molecular complexity index is 1980. The number of hydrogen-bond donors (Lipinski definition) is 2. The first-order valence-electron chi connectivity index (χ1n) is 15.1. The minimum Gasteiger partial charge on any atom is -0.756 e. The molecule has 49 heavy (non-hydrogen) atoms. The second kappa shape index (κ2) is 12.3. The van der Waals surface area contributed by atoms with Gasteiger partial charge in [0.2, 0.25) is 0 Å². The number of anilines is 1. The number of nitrogens with one attached hydrogen (secondary N) is 1. The average molecular weight is 710 g/mol. The number of methoxy groups -OCH3 is 1. The van der Waals surface area contributed by atoms with Crippen molar-refractivity contribution in [3.8, 4) is 0 Å². The normalized spacial score (nSPS) is 33.0. The second-order valence-electron chi connectivity index (χ2n) is 12.4. The summed E-state index contributed by atoms with van der Waals surface area (Å²) >= 11 is 0. The molecule has 3 aromatic heterocycles. The van der Waals surface area contributed by atoms with Crippen molar-refractivity contribution in [1.29, 1.82) is 0 Å². The molecule has 3 aromatic rings. The summed E-state index contributed by atoms with van der Waals surface area (Å²) in [5.74, 6) is 0.115. The lowest BCUT2D eigenvalue weighted by Crippen LogP contribution is -2.46. The molecule has 4 fully saturated rings. The topological polar surface area (TPSA) is 260 Å². The molecule has 7 rings (SSSR count). The highest BCUT2D eigenvalue weighted by atomic mass is 31.2. The molecule has 4 aliphatic heterocycles. The fourth-order valence-corrected chi connectivity index (χ4v) is 7.43. The van der Waals surface area contributed by atoms with Crippen LogP contribution in [0.5, 0.6) is 0 Å². The highest BCUT2D eigenvalue weighted by Gasteiger charge is 2.65. The Morgan fingerprint density at radius 1 is 1.02 bits per heavy atom. The number of H-pyrrole nitrogens is 1. The maximum absolute atomic E-state index is 12.7. The Kier molecular flexibility index (Phi) is 8.50. The van der Waals surface area contributed by atoms with Gasteiger partial charge in [0.15, 0.2) is 12.5 Å². The van der Waals surface area contributed by atoms with Crippen molar-refractivity contribution in [3.05, 3.63) is 66.7 Å². The maximum Gasteiger partial charge on any atom is 0.351 e. The lowest BCUT2D eigenvalue weighted by Gasteiger charge is -2.33. The van der Waals surface area contributed by atoms with Crippen LogP contribution in [0.1, 0.15) is 29.3 Å². The summed E-state index contributed by atoms with van der Waals surface area (Å²) in [7, 11) is -2.35. The zero-order chi connectivity index (χ0) is 34.9. The van der Waals surface area contributed by atoms with Gasteiger partial charge < -0.3 is 48.1 Å². The molecule has 266 valence electrons. The van der Waals surface area contributed by atoms with Crippen LogP contribution in [-0.4, -0.2) is 104 Å². The van der Waals surface area contributed by atoms with Crippen molar-refractivity contribution in [2.24, 2.45) is 0 Å². The minimum absolute atomic E-state index is 0.0546. The smallest absolute Gasteiger partial charge is 0.351 e. The number of nitrogen functional groups attached to an aromatic ring is 1. The fraction of sp³-hybridized carbons (Fsp3) is 0.630. The van der Waals surface area contributed by atoms with E-state index in [4.69, 9.17) is 38.7 Å². The van der Waals surface area contributed by atoms with Gasteiger partial charge in [0.25, 0.3) is 13.4 Å². The number of nitrogens with two attached hydrogens (primary N) is 1. The third-order valence-corrected chi connectivity index (χ3v) is 10.0. The van der Waals surface area contributed by atoms with Gasteiger partial charge in [-0.3, -0.25) is 23.5 Å². The molecule has 21 nitrogen and oxygen atoms in total. The number of nitrogens with zero attached hydrogens (tertiary/aromatic N) is 6. The van der Waals surface area contributed by atoms with Crippen LogP contribution in [0.4, 0.5) is 5.82 Å². The SMILES string of the molecule is COC[C@]12CO[C@@H](C1OCc1cn(C[C@]34CO[C@@H](C3OP(=O)([O-])OC)[C@H](n3cc(C)c(=O)[nH]c3=O)O4)nn1)[C@H](n1cc(C)c(N)nc1=O)O2. The van der Waals surface area contributed by atoms with Crippen LogP contribution >= 0.6 is 7.82 Å². The molecule has 9 atom stereocenters. The first kappa shape index (κ1) is 33.8. The van der Waals surface area contributed by atoms with Crippen LogP contribution < -0.4 is 27.6 Å². The number of aryl methyl sites for hydroxylation is 2. The first-order valence-corrected chi connectivity index (χ1v) is 16.6. The largest absolute Gasteiger partial charge is 0.756 e. The number of phosphoric ester groups is 1. The molecule has 0 saturated carbocycles. The average Bonchev–Trinajstić information content (AvgIpc) is 3.85. The van der Waals surface area contributed by atoms with Crippen molar-refractivity contribution < 1.29 is 46.9 Å². The van der Waals surface area contributed by atoms with Gasteiger partial charge in [-0.2, -0.15) is 4.98 Å². The highest BCUT2D eigenvalue weighted by Crippen LogP contribution is 2.53. The summed E-state index contributed by atoms with van der Waals surface area (Å²) in [5, 5.41) is 8.38. The molecule has 3 N–H and O–H groups in total. The van der Waals surface area contributed by atoms with Gasteiger partial charge in [0.1, 0.15) is 47.1 Å². The van der Waals surface area contributed by atoms with E-state index in [9.17, 15) is 23.8 Å². The van der Waals surface area contributed by atoms with E-state index in [0.717, 1.165) is 11.7 Å². The van der Waals surface area contributed by atoms with Crippen LogP contribution in [0.2, 0.25) is 0 Å². The molecule has 22 heteroatoms. The summed E-state index contributed by atoms with van der Waals surface area (Å²) in [6, 6.07) is 0. The van der Waals surface area contributed by atoms with Crippen molar-refractivity contribution in [3.63, 3.8) is 0 Å². The Morgan fingerprint density at radius 2 is 1.69 bits per heavy atom. The van der Waals surface area contributed by atoms with Crippen molar-refractivity contribution in [2.75, 3.05) is 39.8 Å². The predicted octanol–water partition coefficient (Wildman–Crippen LogP) is -2.35. The second-order valence-corrected chi connectivity index (χ2v) is 13.9. The van der Waals surface area contributed by atoms with Gasteiger partial charge in [-0.15, -0.1) is 5.10 Å². The van der Waals surface area contributed by atoms with Gasteiger partial charge in [0.05, 0.1) is 39.2 Å². The maximum atomic E-state index is 12.7. The summed E-state index contributed by atoms with van der Waals surface area (Å²) in [6.45, 7) is 3.20. The molecule has 0 aliphatic carbocycles. The number of aromatic amines is 1. The molecule has 4 bridgehead atoms. The number of hydrogen-bond acceptors (Lipinski definition) is 17. The molecule has 4 saturated heterocycles. The van der Waals surface area contributed by atoms with Crippen molar-refractivity contribution in [2.45, 2.75) is 75.1 Å². The number of phosphoric acid groups is 1. The number of rotatable bonds is 12. The zero-order valence-electron chi connectivity index (χ0n) is 26.7. The zero-order valence-corrected chi connectivity index (χ0v) is 27.6. The summed E-state index contributed by atoms with van der Waals surface area (Å²) in [6.07, 6.45) is -1.28. The van der Waals surface area contributed by atoms with Crippen LogP contribution in [0, 0.1) is 13.8 Å². The van der Waals surface area contributed by atoms with Gasteiger partial charge in [-0.1, -0.05) is 5.21 Å². The van der Waals surface area contributed by atoms with Crippen LogP contribution in [0.25, 0.3) is 0 Å². The van der Waals surface area contributed by atoms with Gasteiger partial charge in [0, 0.05) is 37.7 Å².